The number of hydrogen-bond acceptors (Lipinski definition) is 3. The molecule has 5 heteroatoms. The summed E-state index contributed by atoms with van der Waals surface area (Å²) < 4.78 is 0. The number of rotatable bonds is 2. The molecule has 0 aromatic carbocycles. The first-order chi connectivity index (χ1) is 8.93. The number of carbonyl (C=O) groups excluding carboxylic acids is 1. The predicted molar refractivity (Wildman–Crippen MR) is 69.7 cm³/mol. The average molecular weight is 262 g/mol. The summed E-state index contributed by atoms with van der Waals surface area (Å²) in [6.45, 7) is 4.29. The van der Waals surface area contributed by atoms with Gasteiger partial charge in [0.15, 0.2) is 0 Å². The maximum Gasteiger partial charge on any atom is 0.326 e. The van der Waals surface area contributed by atoms with Gasteiger partial charge in [0, 0.05) is 24.5 Å². The van der Waals surface area contributed by atoms with Gasteiger partial charge in [-0.25, -0.2) is 4.79 Å². The second-order valence-corrected chi connectivity index (χ2v) is 5.57. The van der Waals surface area contributed by atoms with Crippen LogP contribution in [-0.2, 0) is 4.79 Å². The Morgan fingerprint density at radius 1 is 1.37 bits per heavy atom. The van der Waals surface area contributed by atoms with Gasteiger partial charge in [0.05, 0.1) is 0 Å². The van der Waals surface area contributed by atoms with Gasteiger partial charge in [-0.15, -0.1) is 0 Å². The van der Waals surface area contributed by atoms with E-state index in [1.54, 1.807) is 12.1 Å². The quantitative estimate of drug-likeness (QED) is 0.882. The van der Waals surface area contributed by atoms with Crippen molar-refractivity contribution in [2.75, 3.05) is 6.54 Å². The van der Waals surface area contributed by atoms with Crippen molar-refractivity contribution in [3.05, 3.63) is 30.1 Å². The van der Waals surface area contributed by atoms with Crippen LogP contribution in [0.1, 0.15) is 37.0 Å². The number of amides is 1. The van der Waals surface area contributed by atoms with Gasteiger partial charge in [-0.3, -0.25) is 9.78 Å². The molecule has 0 spiro atoms. The molecule has 1 atom stereocenters. The summed E-state index contributed by atoms with van der Waals surface area (Å²) in [5.74, 6) is -1.17. The van der Waals surface area contributed by atoms with Crippen LogP contribution >= 0.6 is 0 Å². The van der Waals surface area contributed by atoms with Gasteiger partial charge < -0.3 is 10.0 Å². The van der Waals surface area contributed by atoms with Gasteiger partial charge in [0.25, 0.3) is 5.91 Å². The van der Waals surface area contributed by atoms with E-state index in [9.17, 15) is 14.7 Å². The molecule has 1 aromatic rings. The molecule has 5 nitrogen and oxygen atoms in total. The first-order valence-corrected chi connectivity index (χ1v) is 6.37. The maximum absolute atomic E-state index is 12.4. The van der Waals surface area contributed by atoms with E-state index in [2.05, 4.69) is 4.98 Å². The Balaban J connectivity index is 2.32. The normalized spacial score (nSPS) is 22.0. The van der Waals surface area contributed by atoms with E-state index in [4.69, 9.17) is 0 Å². The predicted octanol–water partition coefficient (Wildman–Crippen LogP) is 1.80. The number of aromatic nitrogens is 1. The molecule has 1 amide bonds. The number of aliphatic carboxylic acids is 1. The van der Waals surface area contributed by atoms with Crippen molar-refractivity contribution in [2.45, 2.75) is 32.7 Å². The third kappa shape index (κ3) is 2.59. The van der Waals surface area contributed by atoms with Crippen molar-refractivity contribution in [2.24, 2.45) is 5.41 Å². The Bertz CT molecular complexity index is 485. The number of nitrogens with zero attached hydrogens (tertiary/aromatic N) is 2. The molecule has 0 bridgehead atoms. The molecule has 1 aliphatic heterocycles. The lowest BCUT2D eigenvalue weighted by Gasteiger charge is -2.44. The SMILES string of the molecule is CC1(C)CCCN(C(=O)c2ccncc2)C1C(=O)O. The second-order valence-electron chi connectivity index (χ2n) is 5.57. The Labute approximate surface area is 112 Å². The van der Waals surface area contributed by atoms with Gasteiger partial charge in [0.2, 0.25) is 0 Å². The molecule has 1 fully saturated rings. The molecule has 1 aliphatic rings. The zero-order valence-corrected chi connectivity index (χ0v) is 11.2. The molecule has 2 rings (SSSR count). The van der Waals surface area contributed by atoms with Crippen LogP contribution in [0.3, 0.4) is 0 Å². The summed E-state index contributed by atoms with van der Waals surface area (Å²) in [6, 6.07) is 2.45. The first kappa shape index (κ1) is 13.5. The zero-order chi connectivity index (χ0) is 14.0. The number of pyridine rings is 1. The van der Waals surface area contributed by atoms with Crippen LogP contribution in [0, 0.1) is 5.41 Å². The summed E-state index contributed by atoms with van der Waals surface area (Å²) in [4.78, 5) is 29.3. The first-order valence-electron chi connectivity index (χ1n) is 6.37. The molecular formula is C14H18N2O3. The van der Waals surface area contributed by atoms with Gasteiger partial charge in [-0.1, -0.05) is 13.8 Å². The summed E-state index contributed by atoms with van der Waals surface area (Å²) >= 11 is 0. The van der Waals surface area contributed by atoms with E-state index < -0.39 is 17.4 Å². The molecule has 1 N–H and O–H groups in total. The lowest BCUT2D eigenvalue weighted by Crippen LogP contribution is -2.56. The highest BCUT2D eigenvalue weighted by Crippen LogP contribution is 2.35. The van der Waals surface area contributed by atoms with Crippen molar-refractivity contribution in [3.8, 4) is 0 Å². The van der Waals surface area contributed by atoms with Crippen LogP contribution in [0.5, 0.6) is 0 Å². The van der Waals surface area contributed by atoms with Crippen molar-refractivity contribution in [1.29, 1.82) is 0 Å². The number of hydrogen-bond donors (Lipinski definition) is 1. The minimum atomic E-state index is -0.938. The molecule has 1 saturated heterocycles. The summed E-state index contributed by atoms with van der Waals surface area (Å²) in [6.07, 6.45) is 4.72. The topological polar surface area (TPSA) is 70.5 Å². The smallest absolute Gasteiger partial charge is 0.326 e. The van der Waals surface area contributed by atoms with E-state index in [1.807, 2.05) is 13.8 Å². The molecule has 0 radical (unpaired) electrons. The Morgan fingerprint density at radius 3 is 2.58 bits per heavy atom. The monoisotopic (exact) mass is 262 g/mol. The van der Waals surface area contributed by atoms with E-state index in [-0.39, 0.29) is 5.91 Å². The van der Waals surface area contributed by atoms with Crippen molar-refractivity contribution < 1.29 is 14.7 Å². The standard InChI is InChI=1S/C14H18N2O3/c1-14(2)6-3-9-16(11(14)13(18)19)12(17)10-4-7-15-8-5-10/h4-5,7-8,11H,3,6,9H2,1-2H3,(H,18,19). The molecule has 1 aromatic heterocycles. The molecule has 0 saturated carbocycles. The molecule has 19 heavy (non-hydrogen) atoms. The third-order valence-corrected chi connectivity index (χ3v) is 3.69. The van der Waals surface area contributed by atoms with Crippen molar-refractivity contribution in [3.63, 3.8) is 0 Å². The number of carboxylic acid groups (broad SMARTS) is 1. The van der Waals surface area contributed by atoms with Crippen molar-refractivity contribution in [1.82, 2.24) is 9.88 Å². The number of carboxylic acids is 1. The number of likely N-dealkylation sites (tertiary alicyclic amines) is 1. The van der Waals surface area contributed by atoms with E-state index in [1.165, 1.54) is 17.3 Å². The Morgan fingerprint density at radius 2 is 2.00 bits per heavy atom. The van der Waals surface area contributed by atoms with E-state index in [0.29, 0.717) is 12.1 Å². The highest BCUT2D eigenvalue weighted by molar-refractivity contribution is 5.96. The van der Waals surface area contributed by atoms with Gasteiger partial charge >= 0.3 is 5.97 Å². The zero-order valence-electron chi connectivity index (χ0n) is 11.2. The van der Waals surface area contributed by atoms with Crippen LogP contribution in [0.4, 0.5) is 0 Å². The molecule has 102 valence electrons. The molecule has 1 unspecified atom stereocenters. The Hall–Kier alpha value is -1.91. The highest BCUT2D eigenvalue weighted by atomic mass is 16.4. The highest BCUT2D eigenvalue weighted by Gasteiger charge is 2.44. The minimum absolute atomic E-state index is 0.234. The van der Waals surface area contributed by atoms with Gasteiger partial charge in [-0.2, -0.15) is 0 Å². The number of piperidine rings is 1. The van der Waals surface area contributed by atoms with Crippen molar-refractivity contribution >= 4 is 11.9 Å². The fourth-order valence-electron chi connectivity index (χ4n) is 2.74. The lowest BCUT2D eigenvalue weighted by atomic mass is 9.76. The Kier molecular flexibility index (Phi) is 3.55. The largest absolute Gasteiger partial charge is 0.480 e. The van der Waals surface area contributed by atoms with E-state index in [0.717, 1.165) is 12.8 Å². The third-order valence-electron chi connectivity index (χ3n) is 3.69. The average Bonchev–Trinajstić information content (AvgIpc) is 2.37. The lowest BCUT2D eigenvalue weighted by molar-refractivity contribution is -0.148. The maximum atomic E-state index is 12.4. The fraction of sp³-hybridized carbons (Fsp3) is 0.500. The van der Waals surface area contributed by atoms with Gasteiger partial charge in [0.1, 0.15) is 6.04 Å². The molecular weight excluding hydrogens is 244 g/mol. The van der Waals surface area contributed by atoms with Crippen LogP contribution in [-0.4, -0.2) is 39.5 Å². The van der Waals surface area contributed by atoms with Crippen LogP contribution in [0.15, 0.2) is 24.5 Å². The fourth-order valence-corrected chi connectivity index (χ4v) is 2.74. The summed E-state index contributed by atoms with van der Waals surface area (Å²) in [7, 11) is 0. The van der Waals surface area contributed by atoms with Crippen LogP contribution < -0.4 is 0 Å². The summed E-state index contributed by atoms with van der Waals surface area (Å²) in [5.41, 5.74) is 0.0752. The van der Waals surface area contributed by atoms with Crippen LogP contribution in [0.25, 0.3) is 0 Å². The summed E-state index contributed by atoms with van der Waals surface area (Å²) in [5, 5.41) is 9.43. The van der Waals surface area contributed by atoms with E-state index >= 15 is 0 Å². The number of carbonyl (C=O) groups is 2. The molecule has 2 heterocycles. The second kappa shape index (κ2) is 4.99. The minimum Gasteiger partial charge on any atom is -0.480 e. The molecule has 0 aliphatic carbocycles. The van der Waals surface area contributed by atoms with Gasteiger partial charge in [-0.05, 0) is 30.4 Å². The van der Waals surface area contributed by atoms with Crippen LogP contribution in [0.2, 0.25) is 0 Å².